The molecule has 0 unspecified atom stereocenters. The molecule has 4 heteroatoms. The van der Waals surface area contributed by atoms with E-state index in [1.54, 1.807) is 0 Å². The Bertz CT molecular complexity index is 3780. The lowest BCUT2D eigenvalue weighted by molar-refractivity contribution is 0.589. The summed E-state index contributed by atoms with van der Waals surface area (Å²) in [6.45, 7) is 21.0. The summed E-state index contributed by atoms with van der Waals surface area (Å²) < 4.78 is 0. The van der Waals surface area contributed by atoms with Crippen LogP contribution in [0, 0.1) is 0 Å². The first kappa shape index (κ1) is 48.3. The molecule has 10 aromatic carbocycles. The minimum Gasteiger partial charge on any atom is -0.311 e. The SMILES string of the molecule is CC(C)(C)c1ccc(N2c3ccc(C(C)(C)C)cc3B3c4ccc(N(c5ccccc5)c5ccccc5)cc4N(c4ccc5c(c4)C(c4ccccc4)(c4ccccc4)c4ccccc4-5)c4cc(C(C)(C)C)cc2c43)cc1. The van der Waals surface area contributed by atoms with Gasteiger partial charge in [0.1, 0.15) is 0 Å². The number of hydrogen-bond acceptors (Lipinski definition) is 3. The van der Waals surface area contributed by atoms with E-state index in [9.17, 15) is 0 Å². The molecule has 376 valence electrons. The van der Waals surface area contributed by atoms with E-state index < -0.39 is 5.41 Å². The fourth-order valence-electron chi connectivity index (χ4n) is 12.9. The molecule has 2 aliphatic heterocycles. The lowest BCUT2D eigenvalue weighted by Gasteiger charge is -2.46. The van der Waals surface area contributed by atoms with E-state index in [1.165, 1.54) is 89.2 Å². The van der Waals surface area contributed by atoms with Gasteiger partial charge < -0.3 is 14.7 Å². The van der Waals surface area contributed by atoms with Gasteiger partial charge in [0.15, 0.2) is 0 Å². The lowest BCUT2D eigenvalue weighted by atomic mass is 9.33. The van der Waals surface area contributed by atoms with Crippen molar-refractivity contribution in [2.45, 2.75) is 84.0 Å². The van der Waals surface area contributed by atoms with Crippen LogP contribution in [0.25, 0.3) is 11.1 Å². The Morgan fingerprint density at radius 1 is 0.338 bits per heavy atom. The zero-order valence-corrected chi connectivity index (χ0v) is 45.9. The summed E-state index contributed by atoms with van der Waals surface area (Å²) in [5.41, 5.74) is 25.1. The van der Waals surface area contributed by atoms with Crippen molar-refractivity contribution in [1.29, 1.82) is 0 Å². The fourth-order valence-corrected chi connectivity index (χ4v) is 12.9. The number of anilines is 9. The third kappa shape index (κ3) is 7.78. The fraction of sp³-hybridized carbons (Fsp3) is 0.178. The van der Waals surface area contributed by atoms with Gasteiger partial charge in [-0.15, -0.1) is 0 Å². The molecular weight excluding hydrogens is 930 g/mol. The van der Waals surface area contributed by atoms with E-state index in [0.717, 1.165) is 28.4 Å². The van der Waals surface area contributed by atoms with Crippen LogP contribution >= 0.6 is 0 Å². The van der Waals surface area contributed by atoms with Gasteiger partial charge in [-0.3, -0.25) is 0 Å². The largest absolute Gasteiger partial charge is 0.311 e. The maximum absolute atomic E-state index is 2.64. The van der Waals surface area contributed by atoms with Crippen LogP contribution in [0.15, 0.2) is 237 Å². The second-order valence-electron chi connectivity index (χ2n) is 24.6. The number of rotatable bonds is 7. The van der Waals surface area contributed by atoms with Gasteiger partial charge in [-0.05, 0) is 162 Å². The van der Waals surface area contributed by atoms with Gasteiger partial charge in [0.2, 0.25) is 0 Å². The predicted molar refractivity (Wildman–Crippen MR) is 329 cm³/mol. The molecule has 0 saturated carbocycles. The zero-order chi connectivity index (χ0) is 53.0. The molecule has 0 spiro atoms. The molecule has 0 atom stereocenters. The number of hydrogen-bond donors (Lipinski definition) is 0. The Morgan fingerprint density at radius 3 is 1.40 bits per heavy atom. The van der Waals surface area contributed by atoms with E-state index in [4.69, 9.17) is 0 Å². The van der Waals surface area contributed by atoms with E-state index in [1.807, 2.05) is 0 Å². The van der Waals surface area contributed by atoms with Crippen molar-refractivity contribution in [3.63, 3.8) is 0 Å². The molecule has 0 radical (unpaired) electrons. The molecule has 0 bridgehead atoms. The molecule has 0 aromatic heterocycles. The number of benzene rings is 10. The topological polar surface area (TPSA) is 9.72 Å². The minimum atomic E-state index is -0.574. The average molecular weight is 996 g/mol. The number of nitrogens with zero attached hydrogens (tertiary/aromatic N) is 3. The Labute approximate surface area is 457 Å². The van der Waals surface area contributed by atoms with Crippen molar-refractivity contribution in [2.75, 3.05) is 14.7 Å². The van der Waals surface area contributed by atoms with Crippen molar-refractivity contribution in [3.8, 4) is 11.1 Å². The van der Waals surface area contributed by atoms with Crippen molar-refractivity contribution in [3.05, 3.63) is 276 Å². The first-order chi connectivity index (χ1) is 37.1. The molecule has 1 aliphatic carbocycles. The Kier molecular flexibility index (Phi) is 11.2. The van der Waals surface area contributed by atoms with Crippen molar-refractivity contribution in [2.24, 2.45) is 0 Å². The van der Waals surface area contributed by atoms with Gasteiger partial charge in [-0.2, -0.15) is 0 Å². The summed E-state index contributed by atoms with van der Waals surface area (Å²) >= 11 is 0. The summed E-state index contributed by atoms with van der Waals surface area (Å²) in [5.74, 6) is 0. The van der Waals surface area contributed by atoms with Crippen LogP contribution in [0.3, 0.4) is 0 Å². The van der Waals surface area contributed by atoms with Crippen LogP contribution < -0.4 is 31.1 Å². The van der Waals surface area contributed by atoms with E-state index in [-0.39, 0.29) is 23.0 Å². The van der Waals surface area contributed by atoms with Gasteiger partial charge in [-0.1, -0.05) is 220 Å². The van der Waals surface area contributed by atoms with Crippen molar-refractivity contribution < 1.29 is 0 Å². The molecule has 2 heterocycles. The van der Waals surface area contributed by atoms with E-state index in [2.05, 4.69) is 314 Å². The molecule has 3 aliphatic rings. The molecule has 0 amide bonds. The molecule has 0 N–H and O–H groups in total. The van der Waals surface area contributed by atoms with Crippen LogP contribution in [-0.2, 0) is 21.7 Å². The quantitative estimate of drug-likeness (QED) is 0.147. The molecular formula is C73H66BN3. The summed E-state index contributed by atoms with van der Waals surface area (Å²) in [5, 5.41) is 0. The van der Waals surface area contributed by atoms with Crippen LogP contribution in [0.5, 0.6) is 0 Å². The van der Waals surface area contributed by atoms with Crippen LogP contribution in [0.1, 0.15) is 101 Å². The molecule has 10 aromatic rings. The summed E-state index contributed by atoms with van der Waals surface area (Å²) in [6.07, 6.45) is 0. The Balaban J connectivity index is 1.15. The first-order valence-corrected chi connectivity index (χ1v) is 27.5. The normalized spacial score (nSPS) is 14.1. The second-order valence-corrected chi connectivity index (χ2v) is 24.6. The monoisotopic (exact) mass is 996 g/mol. The van der Waals surface area contributed by atoms with Crippen LogP contribution in [0.2, 0.25) is 0 Å². The minimum absolute atomic E-state index is 0.0197. The predicted octanol–water partition coefficient (Wildman–Crippen LogP) is 17.5. The van der Waals surface area contributed by atoms with Crippen LogP contribution in [0.4, 0.5) is 51.2 Å². The Hall–Kier alpha value is -8.34. The zero-order valence-electron chi connectivity index (χ0n) is 45.9. The van der Waals surface area contributed by atoms with Gasteiger partial charge in [-0.25, -0.2) is 0 Å². The molecule has 0 saturated heterocycles. The van der Waals surface area contributed by atoms with Gasteiger partial charge in [0, 0.05) is 51.2 Å². The maximum atomic E-state index is 2.64. The maximum Gasteiger partial charge on any atom is 0.252 e. The highest BCUT2D eigenvalue weighted by molar-refractivity contribution is 7.00. The molecule has 0 fully saturated rings. The van der Waals surface area contributed by atoms with Gasteiger partial charge >= 0.3 is 0 Å². The molecule has 13 rings (SSSR count). The van der Waals surface area contributed by atoms with E-state index >= 15 is 0 Å². The smallest absolute Gasteiger partial charge is 0.252 e. The highest BCUT2D eigenvalue weighted by atomic mass is 15.2. The number of fused-ring (bicyclic) bond motifs is 7. The summed E-state index contributed by atoms with van der Waals surface area (Å²) in [4.78, 5) is 7.63. The molecule has 3 nitrogen and oxygen atoms in total. The average Bonchev–Trinajstić information content (AvgIpc) is 3.91. The highest BCUT2D eigenvalue weighted by Crippen LogP contribution is 2.58. The number of para-hydroxylation sites is 2. The Morgan fingerprint density at radius 2 is 0.831 bits per heavy atom. The summed E-state index contributed by atoms with van der Waals surface area (Å²) in [6, 6.07) is 89.6. The second kappa shape index (κ2) is 17.9. The van der Waals surface area contributed by atoms with E-state index in [0.29, 0.717) is 0 Å². The van der Waals surface area contributed by atoms with Gasteiger partial charge in [0.25, 0.3) is 6.71 Å². The lowest BCUT2D eigenvalue weighted by Crippen LogP contribution is -2.61. The van der Waals surface area contributed by atoms with Crippen LogP contribution in [-0.4, -0.2) is 6.71 Å². The molecule has 77 heavy (non-hydrogen) atoms. The standard InChI is InChI=1S/C73H66BN3/c1-70(2,3)49-34-37-56(38-35-49)76-65-43-36-52(71(4,5)6)44-64(65)74-63-42-40-58(75(54-28-18-12-19-29-54)55-30-20-13-21-31-55)48-66(63)77(68-46-53(72(7,8)9)45-67(76)69(68)74)57-39-41-60-59-32-22-23-33-61(59)73(62(60)47-57,50-24-14-10-15-25-50)51-26-16-11-17-27-51/h10-48H,1-9H3. The first-order valence-electron chi connectivity index (χ1n) is 27.5. The third-order valence-electron chi connectivity index (χ3n) is 16.8. The highest BCUT2D eigenvalue weighted by Gasteiger charge is 2.48. The van der Waals surface area contributed by atoms with Crippen molar-refractivity contribution in [1.82, 2.24) is 0 Å². The van der Waals surface area contributed by atoms with Gasteiger partial charge in [0.05, 0.1) is 5.41 Å². The third-order valence-corrected chi connectivity index (χ3v) is 16.8. The summed E-state index contributed by atoms with van der Waals surface area (Å²) in [7, 11) is 0. The van der Waals surface area contributed by atoms with Crippen molar-refractivity contribution >= 4 is 74.3 Å².